The van der Waals surface area contributed by atoms with Crippen LogP contribution in [0.3, 0.4) is 0 Å². The molecule has 0 radical (unpaired) electrons. The number of ether oxygens (including phenoxy) is 1. The van der Waals surface area contributed by atoms with E-state index in [-0.39, 0.29) is 18.2 Å². The quantitative estimate of drug-likeness (QED) is 0.395. The molecule has 0 heterocycles. The number of hydrogen-bond acceptors (Lipinski definition) is 3. The molecule has 6 heteroatoms. The Morgan fingerprint density at radius 2 is 1.51 bits per heavy atom. The Bertz CT molecular complexity index is 1080. The highest BCUT2D eigenvalue weighted by Gasteiger charge is 2.30. The summed E-state index contributed by atoms with van der Waals surface area (Å²) in [6.07, 6.45) is 0.601. The van der Waals surface area contributed by atoms with Gasteiger partial charge in [-0.1, -0.05) is 80.0 Å². The van der Waals surface area contributed by atoms with E-state index in [0.717, 1.165) is 22.4 Å². The topological polar surface area (TPSA) is 58.6 Å². The Balaban J connectivity index is 1.94. The van der Waals surface area contributed by atoms with Gasteiger partial charge in [0.25, 0.3) is 0 Å². The number of methoxy groups -OCH3 is 1. The minimum absolute atomic E-state index is 0.122. The summed E-state index contributed by atoms with van der Waals surface area (Å²) in [7, 11) is 1.62. The van der Waals surface area contributed by atoms with E-state index >= 15 is 0 Å². The van der Waals surface area contributed by atoms with Gasteiger partial charge in [-0.2, -0.15) is 0 Å². The lowest BCUT2D eigenvalue weighted by molar-refractivity contribution is -0.140. The monoisotopic (exact) mass is 492 g/mol. The van der Waals surface area contributed by atoms with Crippen molar-refractivity contribution in [3.63, 3.8) is 0 Å². The molecule has 0 aliphatic carbocycles. The van der Waals surface area contributed by atoms with Gasteiger partial charge in [0.1, 0.15) is 11.8 Å². The standard InChI is InChI=1S/C29H33ClN2O3/c1-21(2)19-31-29(34)27(17-22-7-5-4-6-8-22)32(20-24-11-15-26(35-3)16-12-24)28(33)18-23-9-13-25(30)14-10-23/h4-16,21,27H,17-20H2,1-3H3,(H,31,34). The SMILES string of the molecule is COc1ccc(CN(C(=O)Cc2ccc(Cl)cc2)C(Cc2ccccc2)C(=O)NCC(C)C)cc1. The van der Waals surface area contributed by atoms with Gasteiger partial charge >= 0.3 is 0 Å². The van der Waals surface area contributed by atoms with E-state index in [0.29, 0.717) is 30.5 Å². The maximum atomic E-state index is 13.7. The summed E-state index contributed by atoms with van der Waals surface area (Å²) in [4.78, 5) is 28.8. The molecule has 0 aliphatic heterocycles. The zero-order valence-electron chi connectivity index (χ0n) is 20.5. The Kier molecular flexibility index (Phi) is 9.74. The number of amides is 2. The average molecular weight is 493 g/mol. The van der Waals surface area contributed by atoms with E-state index in [2.05, 4.69) is 5.32 Å². The van der Waals surface area contributed by atoms with E-state index in [1.165, 1.54) is 0 Å². The van der Waals surface area contributed by atoms with E-state index in [1.807, 2.05) is 80.6 Å². The van der Waals surface area contributed by atoms with Gasteiger partial charge in [0.05, 0.1) is 13.5 Å². The first-order valence-electron chi connectivity index (χ1n) is 11.8. The van der Waals surface area contributed by atoms with Gasteiger partial charge in [0.15, 0.2) is 0 Å². The van der Waals surface area contributed by atoms with Gasteiger partial charge < -0.3 is 15.0 Å². The second-order valence-corrected chi connectivity index (χ2v) is 9.45. The zero-order valence-corrected chi connectivity index (χ0v) is 21.3. The van der Waals surface area contributed by atoms with Crippen molar-refractivity contribution in [3.8, 4) is 5.75 Å². The van der Waals surface area contributed by atoms with Gasteiger partial charge in [-0.25, -0.2) is 0 Å². The summed E-state index contributed by atoms with van der Waals surface area (Å²) >= 11 is 6.03. The number of rotatable bonds is 11. The maximum absolute atomic E-state index is 13.7. The van der Waals surface area contributed by atoms with Crippen molar-refractivity contribution in [1.82, 2.24) is 10.2 Å². The van der Waals surface area contributed by atoms with Crippen molar-refractivity contribution < 1.29 is 14.3 Å². The number of carbonyl (C=O) groups is 2. The highest BCUT2D eigenvalue weighted by atomic mass is 35.5. The van der Waals surface area contributed by atoms with Crippen LogP contribution in [0.15, 0.2) is 78.9 Å². The van der Waals surface area contributed by atoms with E-state index in [4.69, 9.17) is 16.3 Å². The van der Waals surface area contributed by atoms with Gasteiger partial charge in [-0.3, -0.25) is 9.59 Å². The molecule has 184 valence electrons. The van der Waals surface area contributed by atoms with Crippen LogP contribution in [0.5, 0.6) is 5.75 Å². The molecule has 35 heavy (non-hydrogen) atoms. The summed E-state index contributed by atoms with van der Waals surface area (Å²) in [6, 6.07) is 24.0. The Morgan fingerprint density at radius 3 is 2.11 bits per heavy atom. The molecule has 1 N–H and O–H groups in total. The first kappa shape index (κ1) is 26.3. The Hall–Kier alpha value is -3.31. The van der Waals surface area contributed by atoms with Crippen molar-refractivity contribution in [1.29, 1.82) is 0 Å². The minimum atomic E-state index is -0.655. The van der Waals surface area contributed by atoms with Crippen LogP contribution in [0.25, 0.3) is 0 Å². The highest BCUT2D eigenvalue weighted by Crippen LogP contribution is 2.19. The molecule has 1 unspecified atom stereocenters. The number of halogens is 1. The molecule has 3 aromatic carbocycles. The van der Waals surface area contributed by atoms with Crippen LogP contribution < -0.4 is 10.1 Å². The number of hydrogen-bond donors (Lipinski definition) is 1. The van der Waals surface area contributed by atoms with Crippen LogP contribution in [0.1, 0.15) is 30.5 Å². The molecule has 0 saturated carbocycles. The number of nitrogens with one attached hydrogen (secondary N) is 1. The summed E-state index contributed by atoms with van der Waals surface area (Å²) in [6.45, 7) is 4.95. The molecule has 0 bridgehead atoms. The van der Waals surface area contributed by atoms with Crippen LogP contribution in [0.4, 0.5) is 0 Å². The van der Waals surface area contributed by atoms with Crippen LogP contribution in [-0.4, -0.2) is 36.4 Å². The first-order chi connectivity index (χ1) is 16.9. The largest absolute Gasteiger partial charge is 0.497 e. The average Bonchev–Trinajstić information content (AvgIpc) is 2.87. The zero-order chi connectivity index (χ0) is 25.2. The van der Waals surface area contributed by atoms with Crippen LogP contribution in [-0.2, 0) is 29.0 Å². The molecular formula is C29H33ClN2O3. The fourth-order valence-corrected chi connectivity index (χ4v) is 3.91. The lowest BCUT2D eigenvalue weighted by Gasteiger charge is -2.32. The molecule has 0 aromatic heterocycles. The van der Waals surface area contributed by atoms with E-state index < -0.39 is 6.04 Å². The van der Waals surface area contributed by atoms with E-state index in [1.54, 1.807) is 24.1 Å². The molecule has 0 spiro atoms. The summed E-state index contributed by atoms with van der Waals surface area (Å²) in [5.74, 6) is 0.767. The fourth-order valence-electron chi connectivity index (χ4n) is 3.78. The molecule has 0 fully saturated rings. The van der Waals surface area contributed by atoms with Gasteiger partial charge in [-0.05, 0) is 46.9 Å². The summed E-state index contributed by atoms with van der Waals surface area (Å²) < 4.78 is 5.27. The smallest absolute Gasteiger partial charge is 0.243 e. The number of carbonyl (C=O) groups excluding carboxylic acids is 2. The second kappa shape index (κ2) is 13.0. The third kappa shape index (κ3) is 8.15. The maximum Gasteiger partial charge on any atom is 0.243 e. The lowest BCUT2D eigenvalue weighted by atomic mass is 10.0. The Labute approximate surface area is 213 Å². The molecule has 0 saturated heterocycles. The van der Waals surface area contributed by atoms with Crippen molar-refractivity contribution in [3.05, 3.63) is 101 Å². The van der Waals surface area contributed by atoms with Crippen molar-refractivity contribution >= 4 is 23.4 Å². The molecule has 3 rings (SSSR count). The molecule has 0 aliphatic rings. The minimum Gasteiger partial charge on any atom is -0.497 e. The second-order valence-electron chi connectivity index (χ2n) is 9.02. The number of benzene rings is 3. The molecule has 5 nitrogen and oxygen atoms in total. The normalized spacial score (nSPS) is 11.7. The molecule has 1 atom stereocenters. The predicted octanol–water partition coefficient (Wildman–Crippen LogP) is 5.30. The molecular weight excluding hydrogens is 460 g/mol. The van der Waals surface area contributed by atoms with Crippen LogP contribution in [0, 0.1) is 5.92 Å². The van der Waals surface area contributed by atoms with Crippen LogP contribution >= 0.6 is 11.6 Å². The predicted molar refractivity (Wildman–Crippen MR) is 140 cm³/mol. The highest BCUT2D eigenvalue weighted by molar-refractivity contribution is 6.30. The van der Waals surface area contributed by atoms with Crippen molar-refractivity contribution in [2.24, 2.45) is 5.92 Å². The van der Waals surface area contributed by atoms with Crippen LogP contribution in [0.2, 0.25) is 5.02 Å². The van der Waals surface area contributed by atoms with Gasteiger partial charge in [-0.15, -0.1) is 0 Å². The number of nitrogens with zero attached hydrogens (tertiary/aromatic N) is 1. The third-order valence-corrected chi connectivity index (χ3v) is 5.99. The van der Waals surface area contributed by atoms with Gasteiger partial charge in [0.2, 0.25) is 11.8 Å². The van der Waals surface area contributed by atoms with E-state index in [9.17, 15) is 9.59 Å². The lowest BCUT2D eigenvalue weighted by Crippen LogP contribution is -2.51. The molecule has 3 aromatic rings. The van der Waals surface area contributed by atoms with Crippen molar-refractivity contribution in [2.75, 3.05) is 13.7 Å². The van der Waals surface area contributed by atoms with Crippen molar-refractivity contribution in [2.45, 2.75) is 39.3 Å². The summed E-state index contributed by atoms with van der Waals surface area (Å²) in [5.41, 5.74) is 2.77. The molecule has 2 amide bonds. The van der Waals surface area contributed by atoms with Gasteiger partial charge in [0, 0.05) is 24.5 Å². The summed E-state index contributed by atoms with van der Waals surface area (Å²) in [5, 5.41) is 3.66. The first-order valence-corrected chi connectivity index (χ1v) is 12.2. The fraction of sp³-hybridized carbons (Fsp3) is 0.310. The Morgan fingerprint density at radius 1 is 0.886 bits per heavy atom. The third-order valence-electron chi connectivity index (χ3n) is 5.74.